The van der Waals surface area contributed by atoms with Crippen LogP contribution in [0, 0.1) is 5.92 Å². The van der Waals surface area contributed by atoms with Gasteiger partial charge in [0.1, 0.15) is 0 Å². The van der Waals surface area contributed by atoms with Crippen LogP contribution < -0.4 is 5.48 Å². The Morgan fingerprint density at radius 3 is 2.38 bits per heavy atom. The van der Waals surface area contributed by atoms with Crippen molar-refractivity contribution in [2.24, 2.45) is 5.92 Å². The SMILES string of the molecule is CC1CCCC1NOC1CCCC1. The molecule has 0 aromatic carbocycles. The van der Waals surface area contributed by atoms with E-state index in [1.54, 1.807) is 0 Å². The fourth-order valence-corrected chi connectivity index (χ4v) is 2.51. The van der Waals surface area contributed by atoms with E-state index in [1.807, 2.05) is 0 Å². The second-order valence-corrected chi connectivity index (χ2v) is 4.66. The number of rotatable bonds is 3. The molecule has 13 heavy (non-hydrogen) atoms. The zero-order valence-corrected chi connectivity index (χ0v) is 8.59. The smallest absolute Gasteiger partial charge is 0.0790 e. The lowest BCUT2D eigenvalue weighted by Gasteiger charge is -2.19. The van der Waals surface area contributed by atoms with Gasteiger partial charge in [-0.2, -0.15) is 5.48 Å². The first kappa shape index (κ1) is 9.47. The Balaban J connectivity index is 1.66. The van der Waals surface area contributed by atoms with Crippen LogP contribution in [0.5, 0.6) is 0 Å². The fraction of sp³-hybridized carbons (Fsp3) is 1.00. The summed E-state index contributed by atoms with van der Waals surface area (Å²) in [6, 6.07) is 0.626. The van der Waals surface area contributed by atoms with Crippen molar-refractivity contribution in [3.8, 4) is 0 Å². The first-order valence-corrected chi connectivity index (χ1v) is 5.77. The summed E-state index contributed by atoms with van der Waals surface area (Å²) >= 11 is 0. The van der Waals surface area contributed by atoms with Crippen LogP contribution in [0.3, 0.4) is 0 Å². The predicted molar refractivity (Wildman–Crippen MR) is 53.3 cm³/mol. The molecule has 2 unspecified atom stereocenters. The first-order chi connectivity index (χ1) is 6.36. The van der Waals surface area contributed by atoms with E-state index in [0.29, 0.717) is 12.1 Å². The molecule has 0 heterocycles. The molecule has 0 radical (unpaired) electrons. The third-order valence-corrected chi connectivity index (χ3v) is 3.55. The Morgan fingerprint density at radius 2 is 1.77 bits per heavy atom. The first-order valence-electron chi connectivity index (χ1n) is 5.77. The highest BCUT2D eigenvalue weighted by molar-refractivity contribution is 4.78. The standard InChI is InChI=1S/C11H21NO/c1-9-5-4-8-11(9)12-13-10-6-2-3-7-10/h9-12H,2-8H2,1H3. The van der Waals surface area contributed by atoms with Crippen LogP contribution in [0.15, 0.2) is 0 Å². The van der Waals surface area contributed by atoms with Gasteiger partial charge in [0.05, 0.1) is 6.10 Å². The van der Waals surface area contributed by atoms with E-state index in [1.165, 1.54) is 44.9 Å². The molecule has 2 saturated carbocycles. The zero-order valence-electron chi connectivity index (χ0n) is 8.59. The average molecular weight is 183 g/mol. The topological polar surface area (TPSA) is 21.3 Å². The summed E-state index contributed by atoms with van der Waals surface area (Å²) in [6.07, 6.45) is 9.76. The third-order valence-electron chi connectivity index (χ3n) is 3.55. The number of hydrogen-bond donors (Lipinski definition) is 1. The molecule has 2 aliphatic carbocycles. The van der Waals surface area contributed by atoms with E-state index in [2.05, 4.69) is 12.4 Å². The highest BCUT2D eigenvalue weighted by Crippen LogP contribution is 2.26. The summed E-state index contributed by atoms with van der Waals surface area (Å²) in [6.45, 7) is 2.32. The largest absolute Gasteiger partial charge is 0.298 e. The number of hydrogen-bond acceptors (Lipinski definition) is 2. The molecule has 0 spiro atoms. The van der Waals surface area contributed by atoms with E-state index < -0.39 is 0 Å². The summed E-state index contributed by atoms with van der Waals surface area (Å²) in [4.78, 5) is 5.71. The maximum Gasteiger partial charge on any atom is 0.0790 e. The molecule has 2 fully saturated rings. The van der Waals surface area contributed by atoms with E-state index in [-0.39, 0.29) is 0 Å². The lowest BCUT2D eigenvalue weighted by molar-refractivity contribution is -0.0453. The van der Waals surface area contributed by atoms with Gasteiger partial charge in [-0.3, -0.25) is 4.84 Å². The highest BCUT2D eigenvalue weighted by atomic mass is 16.7. The molecule has 2 nitrogen and oxygen atoms in total. The van der Waals surface area contributed by atoms with Gasteiger partial charge in [-0.05, 0) is 31.6 Å². The fourth-order valence-electron chi connectivity index (χ4n) is 2.51. The highest BCUT2D eigenvalue weighted by Gasteiger charge is 2.25. The lowest BCUT2D eigenvalue weighted by Crippen LogP contribution is -2.34. The molecule has 0 aromatic rings. The van der Waals surface area contributed by atoms with Crippen LogP contribution in [-0.4, -0.2) is 12.1 Å². The average Bonchev–Trinajstić information content (AvgIpc) is 2.72. The van der Waals surface area contributed by atoms with Crippen molar-refractivity contribution in [1.82, 2.24) is 5.48 Å². The normalized spacial score (nSPS) is 35.8. The van der Waals surface area contributed by atoms with Gasteiger partial charge in [0.15, 0.2) is 0 Å². The van der Waals surface area contributed by atoms with Gasteiger partial charge < -0.3 is 0 Å². The molecule has 2 heteroatoms. The molecule has 76 valence electrons. The Bertz CT molecular complexity index is 154. The summed E-state index contributed by atoms with van der Waals surface area (Å²) in [5.41, 5.74) is 3.27. The van der Waals surface area contributed by atoms with Crippen molar-refractivity contribution >= 4 is 0 Å². The monoisotopic (exact) mass is 183 g/mol. The van der Waals surface area contributed by atoms with Gasteiger partial charge in [0.2, 0.25) is 0 Å². The molecule has 2 rings (SSSR count). The molecule has 0 saturated heterocycles. The van der Waals surface area contributed by atoms with E-state index in [9.17, 15) is 0 Å². The van der Waals surface area contributed by atoms with E-state index >= 15 is 0 Å². The summed E-state index contributed by atoms with van der Waals surface area (Å²) in [7, 11) is 0. The van der Waals surface area contributed by atoms with Crippen molar-refractivity contribution in [2.75, 3.05) is 0 Å². The maximum atomic E-state index is 5.71. The summed E-state index contributed by atoms with van der Waals surface area (Å²) in [5.74, 6) is 0.807. The van der Waals surface area contributed by atoms with Gasteiger partial charge in [-0.15, -0.1) is 0 Å². The molecule has 2 aliphatic rings. The van der Waals surface area contributed by atoms with Gasteiger partial charge in [0.25, 0.3) is 0 Å². The third kappa shape index (κ3) is 2.44. The van der Waals surface area contributed by atoms with Crippen molar-refractivity contribution in [2.45, 2.75) is 64.0 Å². The zero-order chi connectivity index (χ0) is 9.10. The summed E-state index contributed by atoms with van der Waals surface area (Å²) < 4.78 is 0. The van der Waals surface area contributed by atoms with Crippen molar-refractivity contribution in [1.29, 1.82) is 0 Å². The Kier molecular flexibility index (Phi) is 3.23. The van der Waals surface area contributed by atoms with Gasteiger partial charge in [0, 0.05) is 6.04 Å². The summed E-state index contributed by atoms with van der Waals surface area (Å²) in [5, 5.41) is 0. The Labute approximate surface area is 81.0 Å². The van der Waals surface area contributed by atoms with Crippen LogP contribution in [0.4, 0.5) is 0 Å². The lowest BCUT2D eigenvalue weighted by atomic mass is 10.1. The van der Waals surface area contributed by atoms with Crippen molar-refractivity contribution in [3.63, 3.8) is 0 Å². The van der Waals surface area contributed by atoms with E-state index in [0.717, 1.165) is 5.92 Å². The van der Waals surface area contributed by atoms with Crippen LogP contribution in [0.1, 0.15) is 51.9 Å². The molecule has 0 bridgehead atoms. The second-order valence-electron chi connectivity index (χ2n) is 4.66. The molecule has 0 aromatic heterocycles. The second kappa shape index (κ2) is 4.43. The van der Waals surface area contributed by atoms with Crippen LogP contribution in [0.25, 0.3) is 0 Å². The van der Waals surface area contributed by atoms with Crippen LogP contribution in [-0.2, 0) is 4.84 Å². The minimum atomic E-state index is 0.507. The molecular weight excluding hydrogens is 162 g/mol. The quantitative estimate of drug-likeness (QED) is 0.679. The minimum absolute atomic E-state index is 0.507. The van der Waals surface area contributed by atoms with Crippen LogP contribution in [0.2, 0.25) is 0 Å². The minimum Gasteiger partial charge on any atom is -0.298 e. The molecule has 0 amide bonds. The van der Waals surface area contributed by atoms with Crippen LogP contribution >= 0.6 is 0 Å². The van der Waals surface area contributed by atoms with E-state index in [4.69, 9.17) is 4.84 Å². The Morgan fingerprint density at radius 1 is 1.00 bits per heavy atom. The van der Waals surface area contributed by atoms with Gasteiger partial charge in [-0.25, -0.2) is 0 Å². The maximum absolute atomic E-state index is 5.71. The van der Waals surface area contributed by atoms with Crippen molar-refractivity contribution < 1.29 is 4.84 Å². The molecular formula is C11H21NO. The predicted octanol–water partition coefficient (Wildman–Crippen LogP) is 2.64. The molecule has 1 N–H and O–H groups in total. The molecule has 0 aliphatic heterocycles. The van der Waals surface area contributed by atoms with Gasteiger partial charge >= 0.3 is 0 Å². The van der Waals surface area contributed by atoms with Crippen molar-refractivity contribution in [3.05, 3.63) is 0 Å². The van der Waals surface area contributed by atoms with Gasteiger partial charge in [-0.1, -0.05) is 26.2 Å². The number of hydroxylamine groups is 1. The Hall–Kier alpha value is -0.0800. The molecule has 2 atom stereocenters. The number of nitrogens with one attached hydrogen (secondary N) is 1.